The molecule has 1 atom stereocenters. The van der Waals surface area contributed by atoms with Gasteiger partial charge in [0, 0.05) is 12.6 Å². The predicted molar refractivity (Wildman–Crippen MR) is 73.4 cm³/mol. The highest BCUT2D eigenvalue weighted by molar-refractivity contribution is 5.78. The Bertz CT molecular complexity index is 270. The topological polar surface area (TPSA) is 44.4 Å². The molecule has 0 spiro atoms. The highest BCUT2D eigenvalue weighted by Gasteiger charge is 2.25. The molecule has 0 aromatic rings. The van der Waals surface area contributed by atoms with E-state index in [-0.39, 0.29) is 5.91 Å². The van der Waals surface area contributed by atoms with E-state index >= 15 is 0 Å². The second-order valence-corrected chi connectivity index (χ2v) is 5.94. The van der Waals surface area contributed by atoms with Gasteiger partial charge in [0.15, 0.2) is 0 Å². The second kappa shape index (κ2) is 6.53. The molecule has 2 aliphatic rings. The quantitative estimate of drug-likeness (QED) is 0.737. The van der Waals surface area contributed by atoms with E-state index in [1.54, 1.807) is 0 Å². The number of amides is 1. The highest BCUT2D eigenvalue weighted by atomic mass is 16.2. The van der Waals surface area contributed by atoms with E-state index in [0.717, 1.165) is 31.5 Å². The molecule has 0 bridgehead atoms. The number of carbonyl (C=O) groups excluding carboxylic acids is 1. The van der Waals surface area contributed by atoms with Crippen LogP contribution < -0.4 is 10.6 Å². The van der Waals surface area contributed by atoms with Gasteiger partial charge in [0.25, 0.3) is 0 Å². The molecule has 2 fully saturated rings. The largest absolute Gasteiger partial charge is 0.355 e. The molecule has 1 aliphatic carbocycles. The van der Waals surface area contributed by atoms with Gasteiger partial charge in [-0.1, -0.05) is 0 Å². The Balaban J connectivity index is 1.61. The molecule has 1 amide bonds. The van der Waals surface area contributed by atoms with Gasteiger partial charge in [0.1, 0.15) is 0 Å². The number of nitrogens with one attached hydrogen (secondary N) is 2. The van der Waals surface area contributed by atoms with Crippen LogP contribution in [0.25, 0.3) is 0 Å². The second-order valence-electron chi connectivity index (χ2n) is 5.94. The van der Waals surface area contributed by atoms with Crippen molar-refractivity contribution >= 4 is 5.91 Å². The first-order valence-electron chi connectivity index (χ1n) is 7.35. The van der Waals surface area contributed by atoms with Gasteiger partial charge in [0.05, 0.1) is 6.54 Å². The minimum atomic E-state index is 0.210. The van der Waals surface area contributed by atoms with Crippen molar-refractivity contribution in [2.45, 2.75) is 38.6 Å². The third-order valence-electron chi connectivity index (χ3n) is 4.45. The molecule has 0 aromatic heterocycles. The fourth-order valence-electron chi connectivity index (χ4n) is 2.69. The van der Waals surface area contributed by atoms with Gasteiger partial charge in [0.2, 0.25) is 5.91 Å². The van der Waals surface area contributed by atoms with Crippen LogP contribution in [0.2, 0.25) is 0 Å². The maximum absolute atomic E-state index is 11.7. The summed E-state index contributed by atoms with van der Waals surface area (Å²) < 4.78 is 0. The fraction of sp³-hybridized carbons (Fsp3) is 0.929. The number of rotatable bonds is 6. The molecule has 1 saturated carbocycles. The van der Waals surface area contributed by atoms with E-state index in [2.05, 4.69) is 22.5 Å². The molecule has 1 heterocycles. The Morgan fingerprint density at radius 2 is 1.94 bits per heavy atom. The molecule has 4 nitrogen and oxygen atoms in total. The van der Waals surface area contributed by atoms with Crippen molar-refractivity contribution in [1.82, 2.24) is 15.5 Å². The molecule has 1 aliphatic heterocycles. The van der Waals surface area contributed by atoms with Crippen molar-refractivity contribution in [3.8, 4) is 0 Å². The number of hydrogen-bond donors (Lipinski definition) is 2. The van der Waals surface area contributed by atoms with E-state index in [1.165, 1.54) is 25.7 Å². The molecule has 18 heavy (non-hydrogen) atoms. The average molecular weight is 253 g/mol. The molecule has 1 saturated heterocycles. The summed E-state index contributed by atoms with van der Waals surface area (Å²) in [4.78, 5) is 14.0. The zero-order valence-corrected chi connectivity index (χ0v) is 11.7. The van der Waals surface area contributed by atoms with Crippen LogP contribution in [0.3, 0.4) is 0 Å². The van der Waals surface area contributed by atoms with E-state index < -0.39 is 0 Å². The summed E-state index contributed by atoms with van der Waals surface area (Å²) in [5.41, 5.74) is 0. The first kappa shape index (κ1) is 13.8. The number of hydrogen-bond acceptors (Lipinski definition) is 3. The zero-order valence-electron chi connectivity index (χ0n) is 11.7. The summed E-state index contributed by atoms with van der Waals surface area (Å²) >= 11 is 0. The van der Waals surface area contributed by atoms with Crippen LogP contribution in [0.15, 0.2) is 0 Å². The van der Waals surface area contributed by atoms with Gasteiger partial charge in [-0.2, -0.15) is 0 Å². The Morgan fingerprint density at radius 3 is 2.50 bits per heavy atom. The lowest BCUT2D eigenvalue weighted by Crippen LogP contribution is -2.45. The normalized spacial score (nSPS) is 23.9. The number of carbonyl (C=O) groups is 1. The molecular formula is C14H27N3O. The predicted octanol–water partition coefficient (Wildman–Crippen LogP) is 0.833. The fourth-order valence-corrected chi connectivity index (χ4v) is 2.69. The lowest BCUT2D eigenvalue weighted by Gasteiger charge is -2.34. The molecule has 2 N–H and O–H groups in total. The van der Waals surface area contributed by atoms with Crippen molar-refractivity contribution in [1.29, 1.82) is 0 Å². The van der Waals surface area contributed by atoms with Crippen LogP contribution in [0.1, 0.15) is 32.6 Å². The Morgan fingerprint density at radius 1 is 1.28 bits per heavy atom. The van der Waals surface area contributed by atoms with E-state index in [4.69, 9.17) is 0 Å². The molecular weight excluding hydrogens is 226 g/mol. The minimum absolute atomic E-state index is 0.210. The van der Waals surface area contributed by atoms with Crippen molar-refractivity contribution in [2.75, 3.05) is 33.2 Å². The molecule has 2 rings (SSSR count). The number of likely N-dealkylation sites (tertiary alicyclic amines) is 1. The lowest BCUT2D eigenvalue weighted by atomic mass is 9.90. The number of piperidine rings is 1. The van der Waals surface area contributed by atoms with Gasteiger partial charge in [-0.05, 0) is 64.6 Å². The van der Waals surface area contributed by atoms with Crippen molar-refractivity contribution in [3.05, 3.63) is 0 Å². The zero-order chi connectivity index (χ0) is 13.0. The highest BCUT2D eigenvalue weighted by Crippen LogP contribution is 2.27. The summed E-state index contributed by atoms with van der Waals surface area (Å²) in [5.74, 6) is 1.75. The van der Waals surface area contributed by atoms with Crippen LogP contribution >= 0.6 is 0 Å². The molecule has 104 valence electrons. The summed E-state index contributed by atoms with van der Waals surface area (Å²) in [6.07, 6.45) is 5.01. The van der Waals surface area contributed by atoms with Crippen molar-refractivity contribution < 1.29 is 4.79 Å². The van der Waals surface area contributed by atoms with E-state index in [0.29, 0.717) is 12.6 Å². The summed E-state index contributed by atoms with van der Waals surface area (Å²) in [6, 6.07) is 0.593. The van der Waals surface area contributed by atoms with Gasteiger partial charge in [-0.25, -0.2) is 0 Å². The molecule has 1 unspecified atom stereocenters. The van der Waals surface area contributed by atoms with Gasteiger partial charge < -0.3 is 10.6 Å². The van der Waals surface area contributed by atoms with Crippen LogP contribution in [0, 0.1) is 11.8 Å². The Hall–Kier alpha value is -0.610. The minimum Gasteiger partial charge on any atom is -0.355 e. The van der Waals surface area contributed by atoms with Crippen LogP contribution in [-0.2, 0) is 4.79 Å². The van der Waals surface area contributed by atoms with Crippen molar-refractivity contribution in [3.63, 3.8) is 0 Å². The monoisotopic (exact) mass is 253 g/mol. The number of nitrogens with zero attached hydrogens (tertiary/aromatic N) is 1. The Labute approximate surface area is 110 Å². The van der Waals surface area contributed by atoms with Gasteiger partial charge in [-0.15, -0.1) is 0 Å². The SMILES string of the molecule is CNC(C)C1CCN(CC(=O)NCC2CC2)CC1. The molecule has 0 aromatic carbocycles. The first-order chi connectivity index (χ1) is 8.69. The maximum Gasteiger partial charge on any atom is 0.234 e. The van der Waals surface area contributed by atoms with Crippen LogP contribution in [-0.4, -0.2) is 50.1 Å². The summed E-state index contributed by atoms with van der Waals surface area (Å²) in [7, 11) is 2.03. The van der Waals surface area contributed by atoms with Gasteiger partial charge in [-0.3, -0.25) is 9.69 Å². The summed E-state index contributed by atoms with van der Waals surface area (Å²) in [5, 5.41) is 6.38. The third kappa shape index (κ3) is 4.25. The third-order valence-corrected chi connectivity index (χ3v) is 4.45. The lowest BCUT2D eigenvalue weighted by molar-refractivity contribution is -0.122. The average Bonchev–Trinajstić information content (AvgIpc) is 3.20. The Kier molecular flexibility index (Phi) is 5.01. The summed E-state index contributed by atoms with van der Waals surface area (Å²) in [6.45, 7) is 5.86. The molecule has 4 heteroatoms. The van der Waals surface area contributed by atoms with Gasteiger partial charge >= 0.3 is 0 Å². The van der Waals surface area contributed by atoms with E-state index in [1.807, 2.05) is 7.05 Å². The molecule has 0 radical (unpaired) electrons. The standard InChI is InChI=1S/C14H27N3O/c1-11(15-2)13-5-7-17(8-6-13)10-14(18)16-9-12-3-4-12/h11-13,15H,3-10H2,1-2H3,(H,16,18). The van der Waals surface area contributed by atoms with Crippen LogP contribution in [0.5, 0.6) is 0 Å². The smallest absolute Gasteiger partial charge is 0.234 e. The first-order valence-corrected chi connectivity index (χ1v) is 7.35. The van der Waals surface area contributed by atoms with Crippen LogP contribution in [0.4, 0.5) is 0 Å². The maximum atomic E-state index is 11.7. The van der Waals surface area contributed by atoms with E-state index in [9.17, 15) is 4.79 Å². The van der Waals surface area contributed by atoms with Crippen molar-refractivity contribution in [2.24, 2.45) is 11.8 Å².